The molecule has 1 amide bonds. The highest BCUT2D eigenvalue weighted by Gasteiger charge is 2.32. The zero-order chi connectivity index (χ0) is 18.9. The molecular weight excluding hydrogens is 364 g/mol. The first-order chi connectivity index (χ1) is 13.1. The summed E-state index contributed by atoms with van der Waals surface area (Å²) in [4.78, 5) is 19.2. The van der Waals surface area contributed by atoms with Crippen molar-refractivity contribution in [3.05, 3.63) is 48.7 Å². The predicted molar refractivity (Wildman–Crippen MR) is 102 cm³/mol. The Bertz CT molecular complexity index is 908. The van der Waals surface area contributed by atoms with Gasteiger partial charge in [-0.2, -0.15) is 4.31 Å². The number of hydrogen-bond acceptors (Lipinski definition) is 4. The van der Waals surface area contributed by atoms with Crippen LogP contribution in [0.4, 0.5) is 11.5 Å². The Morgan fingerprint density at radius 3 is 2.22 bits per heavy atom. The normalized spacial score (nSPS) is 18.9. The maximum Gasteiger partial charge on any atom is 0.274 e. The van der Waals surface area contributed by atoms with E-state index in [1.54, 1.807) is 29.2 Å². The fourth-order valence-electron chi connectivity index (χ4n) is 3.62. The van der Waals surface area contributed by atoms with Crippen LogP contribution in [-0.4, -0.2) is 51.4 Å². The second kappa shape index (κ2) is 7.28. The molecule has 0 unspecified atom stereocenters. The van der Waals surface area contributed by atoms with Crippen molar-refractivity contribution < 1.29 is 18.2 Å². The summed E-state index contributed by atoms with van der Waals surface area (Å²) in [6.07, 6.45) is 3.27. The third kappa shape index (κ3) is 3.54. The fraction of sp³-hybridized carbons (Fsp3) is 0.368. The van der Waals surface area contributed by atoms with Gasteiger partial charge in [-0.1, -0.05) is 6.07 Å². The van der Waals surface area contributed by atoms with Gasteiger partial charge in [0.2, 0.25) is 15.9 Å². The second-order valence-corrected chi connectivity index (χ2v) is 8.72. The van der Waals surface area contributed by atoms with Gasteiger partial charge in [-0.15, -0.1) is 0 Å². The number of carbonyl (C=O) groups is 1. The maximum atomic E-state index is 12.9. The standard InChI is InChI=1S/C19H22N4O3S/c24-19-5-3-11-23(19)16-6-8-17(9-7-16)27(25,26)22-14-12-21(13-15-22)18-4-1-2-10-20-18/h1-2,4,6-10H,3,5,11-15H2/p+1. The van der Waals surface area contributed by atoms with Crippen LogP contribution in [0.3, 0.4) is 0 Å². The molecule has 0 radical (unpaired) electrons. The number of pyridine rings is 1. The number of benzene rings is 1. The molecule has 1 aromatic carbocycles. The van der Waals surface area contributed by atoms with E-state index in [4.69, 9.17) is 0 Å². The van der Waals surface area contributed by atoms with E-state index >= 15 is 0 Å². The summed E-state index contributed by atoms with van der Waals surface area (Å²) in [5, 5.41) is 0. The van der Waals surface area contributed by atoms with Crippen molar-refractivity contribution in [3.8, 4) is 0 Å². The van der Waals surface area contributed by atoms with Crippen LogP contribution in [0.1, 0.15) is 12.8 Å². The molecule has 1 N–H and O–H groups in total. The van der Waals surface area contributed by atoms with Gasteiger partial charge in [-0.3, -0.25) is 9.69 Å². The van der Waals surface area contributed by atoms with Gasteiger partial charge in [0, 0.05) is 24.7 Å². The van der Waals surface area contributed by atoms with Crippen molar-refractivity contribution in [2.45, 2.75) is 17.7 Å². The number of rotatable bonds is 4. The van der Waals surface area contributed by atoms with Gasteiger partial charge in [0.1, 0.15) is 0 Å². The van der Waals surface area contributed by atoms with E-state index in [-0.39, 0.29) is 10.8 Å². The lowest BCUT2D eigenvalue weighted by atomic mass is 10.3. The fourth-order valence-corrected chi connectivity index (χ4v) is 5.04. The maximum absolute atomic E-state index is 12.9. The van der Waals surface area contributed by atoms with Crippen LogP contribution in [0.2, 0.25) is 0 Å². The Morgan fingerprint density at radius 1 is 0.889 bits per heavy atom. The number of piperazine rings is 1. The first-order valence-electron chi connectivity index (χ1n) is 9.18. The smallest absolute Gasteiger partial charge is 0.274 e. The molecule has 1 aromatic heterocycles. The first-order valence-corrected chi connectivity index (χ1v) is 10.6. The van der Waals surface area contributed by atoms with Gasteiger partial charge in [0.15, 0.2) is 0 Å². The van der Waals surface area contributed by atoms with Crippen LogP contribution >= 0.6 is 0 Å². The molecule has 142 valence electrons. The monoisotopic (exact) mass is 387 g/mol. The highest BCUT2D eigenvalue weighted by atomic mass is 32.2. The summed E-state index contributed by atoms with van der Waals surface area (Å²) in [7, 11) is -3.53. The number of H-pyrrole nitrogens is 1. The Balaban J connectivity index is 1.45. The topological polar surface area (TPSA) is 75.1 Å². The Hall–Kier alpha value is -2.45. The molecule has 0 aliphatic carbocycles. The van der Waals surface area contributed by atoms with Gasteiger partial charge < -0.3 is 4.90 Å². The minimum atomic E-state index is -3.53. The van der Waals surface area contributed by atoms with E-state index in [0.717, 1.165) is 17.9 Å². The zero-order valence-electron chi connectivity index (χ0n) is 15.0. The zero-order valence-corrected chi connectivity index (χ0v) is 15.9. The van der Waals surface area contributed by atoms with Crippen molar-refractivity contribution in [1.29, 1.82) is 0 Å². The number of nitrogens with zero attached hydrogens (tertiary/aromatic N) is 3. The van der Waals surface area contributed by atoms with Crippen molar-refractivity contribution >= 4 is 27.4 Å². The average molecular weight is 387 g/mol. The van der Waals surface area contributed by atoms with Crippen molar-refractivity contribution in [2.24, 2.45) is 0 Å². The molecule has 0 spiro atoms. The number of aromatic amines is 1. The average Bonchev–Trinajstić information content (AvgIpc) is 3.15. The lowest BCUT2D eigenvalue weighted by Gasteiger charge is -2.30. The van der Waals surface area contributed by atoms with Crippen LogP contribution in [0.5, 0.6) is 0 Å². The molecule has 2 aromatic rings. The molecule has 0 bridgehead atoms. The van der Waals surface area contributed by atoms with E-state index < -0.39 is 10.0 Å². The minimum Gasteiger partial charge on any atom is -0.312 e. The number of hydrogen-bond donors (Lipinski definition) is 0. The molecule has 2 fully saturated rings. The molecule has 0 saturated carbocycles. The molecule has 27 heavy (non-hydrogen) atoms. The molecule has 2 saturated heterocycles. The third-order valence-corrected chi connectivity index (χ3v) is 7.04. The quantitative estimate of drug-likeness (QED) is 0.788. The summed E-state index contributed by atoms with van der Waals surface area (Å²) in [6, 6.07) is 12.5. The first kappa shape index (κ1) is 17.9. The van der Waals surface area contributed by atoms with E-state index in [1.165, 1.54) is 4.31 Å². The van der Waals surface area contributed by atoms with Gasteiger partial charge in [0.25, 0.3) is 5.82 Å². The van der Waals surface area contributed by atoms with E-state index in [1.807, 2.05) is 24.4 Å². The molecular formula is C19H23N4O3S+. The molecule has 2 aliphatic heterocycles. The number of aromatic nitrogens is 1. The van der Waals surface area contributed by atoms with Crippen molar-refractivity contribution in [1.82, 2.24) is 4.31 Å². The second-order valence-electron chi connectivity index (χ2n) is 6.78. The molecule has 7 nitrogen and oxygen atoms in total. The Kier molecular flexibility index (Phi) is 4.84. The molecule has 2 aliphatic rings. The highest BCUT2D eigenvalue weighted by molar-refractivity contribution is 7.89. The Labute approximate surface area is 159 Å². The third-order valence-electron chi connectivity index (χ3n) is 5.13. The number of amides is 1. The van der Waals surface area contributed by atoms with Gasteiger partial charge in [-0.05, 0) is 36.8 Å². The largest absolute Gasteiger partial charge is 0.312 e. The van der Waals surface area contributed by atoms with Crippen molar-refractivity contribution in [2.75, 3.05) is 42.5 Å². The molecule has 3 heterocycles. The van der Waals surface area contributed by atoms with Gasteiger partial charge >= 0.3 is 0 Å². The SMILES string of the molecule is O=C1CCCN1c1ccc(S(=O)(=O)N2CCN(c3cccc[nH+]3)CC2)cc1. The minimum absolute atomic E-state index is 0.0967. The van der Waals surface area contributed by atoms with E-state index in [9.17, 15) is 13.2 Å². The van der Waals surface area contributed by atoms with Gasteiger partial charge in [0.05, 0.1) is 37.3 Å². The molecule has 0 atom stereocenters. The van der Waals surface area contributed by atoms with Crippen molar-refractivity contribution in [3.63, 3.8) is 0 Å². The number of nitrogens with one attached hydrogen (secondary N) is 1. The van der Waals surface area contributed by atoms with Crippen LogP contribution in [0.15, 0.2) is 53.6 Å². The molecule has 4 rings (SSSR count). The number of sulfonamides is 1. The van der Waals surface area contributed by atoms with E-state index in [2.05, 4.69) is 9.88 Å². The summed E-state index contributed by atoms with van der Waals surface area (Å²) < 4.78 is 27.4. The van der Waals surface area contributed by atoms with Crippen LogP contribution < -0.4 is 14.8 Å². The summed E-state index contributed by atoms with van der Waals surface area (Å²) in [5.74, 6) is 1.09. The van der Waals surface area contributed by atoms with E-state index in [0.29, 0.717) is 39.1 Å². The predicted octanol–water partition coefficient (Wildman–Crippen LogP) is 1.14. The van der Waals surface area contributed by atoms with Crippen LogP contribution in [0, 0.1) is 0 Å². The summed E-state index contributed by atoms with van der Waals surface area (Å²) >= 11 is 0. The highest BCUT2D eigenvalue weighted by Crippen LogP contribution is 2.25. The lowest BCUT2D eigenvalue weighted by molar-refractivity contribution is -0.364. The summed E-state index contributed by atoms with van der Waals surface area (Å²) in [6.45, 7) is 2.86. The number of anilines is 2. The lowest BCUT2D eigenvalue weighted by Crippen LogP contribution is -2.49. The Morgan fingerprint density at radius 2 is 1.63 bits per heavy atom. The molecule has 8 heteroatoms. The number of carbonyl (C=O) groups excluding carboxylic acids is 1. The summed E-state index contributed by atoms with van der Waals surface area (Å²) in [5.41, 5.74) is 0.765. The van der Waals surface area contributed by atoms with Crippen LogP contribution in [-0.2, 0) is 14.8 Å². The van der Waals surface area contributed by atoms with Crippen LogP contribution in [0.25, 0.3) is 0 Å². The van der Waals surface area contributed by atoms with Gasteiger partial charge in [-0.25, -0.2) is 13.4 Å².